The average molecular weight is 576 g/mol. The molecule has 0 bridgehead atoms. The van der Waals surface area contributed by atoms with E-state index in [1.807, 2.05) is 6.92 Å². The Morgan fingerprint density at radius 3 is 2.29 bits per heavy atom. The first-order valence-corrected chi connectivity index (χ1v) is 14.1. The van der Waals surface area contributed by atoms with Gasteiger partial charge in [-0.3, -0.25) is 14.4 Å². The van der Waals surface area contributed by atoms with E-state index in [0.717, 1.165) is 0 Å². The number of nitrogens with two attached hydrogens (primary N) is 1. The lowest BCUT2D eigenvalue weighted by Crippen LogP contribution is -2.79. The van der Waals surface area contributed by atoms with Gasteiger partial charge >= 0.3 is 0 Å². The molecule has 2 unspecified atom stereocenters. The minimum absolute atomic E-state index is 0.0135. The molecule has 0 heterocycles. The Labute approximate surface area is 244 Å². The molecule has 2 aromatic carbocycles. The molecule has 9 nitrogen and oxygen atoms in total. The number of aliphatic hydroxyl groups is 3. The summed E-state index contributed by atoms with van der Waals surface area (Å²) in [4.78, 5) is 40.3. The number of methoxy groups -OCH3 is 1. The highest BCUT2D eigenvalue weighted by atomic mass is 16.5. The SMILES string of the molecule is COc1ccc(C#Cc2ccc(O)c3c2C[C@]2(C)C[C@]4(C)[C@@H](C(C)C)C(O)[C@@H](C(N)=O)C(=O)[C@]4(O)C(O)[C@H]2C3=O)cc1. The van der Waals surface area contributed by atoms with Crippen molar-refractivity contribution in [2.24, 2.45) is 40.2 Å². The monoisotopic (exact) mass is 575 g/mol. The Kier molecular flexibility index (Phi) is 7.05. The molecule has 0 saturated heterocycles. The van der Waals surface area contributed by atoms with Gasteiger partial charge in [0.2, 0.25) is 5.91 Å². The lowest BCUT2D eigenvalue weighted by atomic mass is 9.39. The first-order valence-electron chi connectivity index (χ1n) is 14.1. The predicted molar refractivity (Wildman–Crippen MR) is 152 cm³/mol. The third-order valence-electron chi connectivity index (χ3n) is 10.1. The summed E-state index contributed by atoms with van der Waals surface area (Å²) in [5.41, 5.74) is 2.30. The number of ether oxygens (including phenoxy) is 1. The molecule has 0 spiro atoms. The molecule has 222 valence electrons. The second-order valence-corrected chi connectivity index (χ2v) is 12.9. The number of Topliss-reactive ketones (excluding diaryl/α,β-unsaturated/α-hetero) is 2. The van der Waals surface area contributed by atoms with E-state index in [1.165, 1.54) is 6.07 Å². The first-order chi connectivity index (χ1) is 19.6. The van der Waals surface area contributed by atoms with Crippen molar-refractivity contribution in [2.45, 2.75) is 58.3 Å². The quantitative estimate of drug-likeness (QED) is 0.274. The van der Waals surface area contributed by atoms with E-state index in [0.29, 0.717) is 22.4 Å². The third-order valence-corrected chi connectivity index (χ3v) is 10.1. The zero-order valence-corrected chi connectivity index (χ0v) is 24.3. The number of phenols is 1. The molecule has 0 radical (unpaired) electrons. The Balaban J connectivity index is 1.66. The number of aromatic hydroxyl groups is 1. The number of ketones is 2. The van der Waals surface area contributed by atoms with E-state index in [-0.39, 0.29) is 30.1 Å². The molecule has 42 heavy (non-hydrogen) atoms. The summed E-state index contributed by atoms with van der Waals surface area (Å²) < 4.78 is 5.20. The lowest BCUT2D eigenvalue weighted by Gasteiger charge is -2.66. The minimum atomic E-state index is -2.54. The van der Waals surface area contributed by atoms with Crippen LogP contribution in [0.2, 0.25) is 0 Å². The maximum absolute atomic E-state index is 14.2. The molecule has 5 rings (SSSR count). The number of fused-ring (bicyclic) bond motifs is 3. The van der Waals surface area contributed by atoms with Crippen LogP contribution in [0, 0.1) is 46.3 Å². The zero-order valence-electron chi connectivity index (χ0n) is 24.3. The van der Waals surface area contributed by atoms with Crippen LogP contribution in [0.3, 0.4) is 0 Å². The van der Waals surface area contributed by atoms with Crippen LogP contribution in [0.1, 0.15) is 61.2 Å². The smallest absolute Gasteiger partial charge is 0.230 e. The summed E-state index contributed by atoms with van der Waals surface area (Å²) in [6.45, 7) is 7.06. The van der Waals surface area contributed by atoms with Gasteiger partial charge in [0.05, 0.1) is 24.7 Å². The Hall–Kier alpha value is -3.71. The van der Waals surface area contributed by atoms with Crippen molar-refractivity contribution in [3.05, 3.63) is 58.7 Å². The van der Waals surface area contributed by atoms with Crippen LogP contribution in [0.5, 0.6) is 11.5 Å². The van der Waals surface area contributed by atoms with E-state index >= 15 is 0 Å². The standard InChI is InChI=1S/C33H37NO8/c1-16(2)24-27(37)23(30(34)40)28(38)33(41)29(39)25-26(36)22-20(14-31(25,3)15-32(24,33)4)18(10-13-21(22)35)9-6-17-7-11-19(42-5)12-8-17/h7-8,10-13,16,23-25,27,29,35,37,39,41H,14-15H2,1-5H3,(H2,34,40)/t23-,24+,25-,27?,29?,31-,32-,33+/m1/s1. The van der Waals surface area contributed by atoms with Crippen LogP contribution >= 0.6 is 0 Å². The topological polar surface area (TPSA) is 167 Å². The van der Waals surface area contributed by atoms with Gasteiger partial charge in [0.1, 0.15) is 23.5 Å². The summed E-state index contributed by atoms with van der Waals surface area (Å²) in [5, 5.41) is 46.1. The van der Waals surface area contributed by atoms with Gasteiger partial charge in [0.15, 0.2) is 17.2 Å². The van der Waals surface area contributed by atoms with Gasteiger partial charge in [0, 0.05) is 16.5 Å². The molecule has 8 atom stereocenters. The molecule has 2 saturated carbocycles. The Morgan fingerprint density at radius 2 is 1.71 bits per heavy atom. The van der Waals surface area contributed by atoms with Crippen molar-refractivity contribution >= 4 is 17.5 Å². The van der Waals surface area contributed by atoms with Gasteiger partial charge in [-0.1, -0.05) is 39.5 Å². The van der Waals surface area contributed by atoms with Gasteiger partial charge in [-0.2, -0.15) is 0 Å². The number of hydrogen-bond acceptors (Lipinski definition) is 8. The number of carbonyl (C=O) groups excluding carboxylic acids is 3. The summed E-state index contributed by atoms with van der Waals surface area (Å²) in [5.74, 6) is -0.355. The fraction of sp³-hybridized carbons (Fsp3) is 0.485. The number of hydrogen-bond donors (Lipinski definition) is 5. The molecule has 3 aliphatic carbocycles. The van der Waals surface area contributed by atoms with Crippen molar-refractivity contribution < 1.29 is 39.5 Å². The van der Waals surface area contributed by atoms with E-state index in [2.05, 4.69) is 11.8 Å². The molecule has 9 heteroatoms. The van der Waals surface area contributed by atoms with Crippen molar-refractivity contribution in [3.8, 4) is 23.3 Å². The maximum atomic E-state index is 14.2. The number of rotatable bonds is 3. The highest BCUT2D eigenvalue weighted by molar-refractivity contribution is 6.09. The van der Waals surface area contributed by atoms with E-state index in [4.69, 9.17) is 10.5 Å². The van der Waals surface area contributed by atoms with Crippen molar-refractivity contribution in [1.29, 1.82) is 0 Å². The highest BCUT2D eigenvalue weighted by Crippen LogP contribution is 2.65. The summed E-state index contributed by atoms with van der Waals surface area (Å²) >= 11 is 0. The number of aliphatic hydroxyl groups excluding tert-OH is 2. The molecule has 3 aliphatic rings. The van der Waals surface area contributed by atoms with Crippen LogP contribution in [-0.4, -0.2) is 62.8 Å². The van der Waals surface area contributed by atoms with Gasteiger partial charge in [0.25, 0.3) is 0 Å². The van der Waals surface area contributed by atoms with Crippen LogP contribution in [-0.2, 0) is 16.0 Å². The highest BCUT2D eigenvalue weighted by Gasteiger charge is 2.75. The molecule has 2 aromatic rings. The van der Waals surface area contributed by atoms with E-state index in [9.17, 15) is 34.8 Å². The Morgan fingerprint density at radius 1 is 1.07 bits per heavy atom. The minimum Gasteiger partial charge on any atom is -0.507 e. The molecule has 6 N–H and O–H groups in total. The number of amides is 1. The molecule has 0 aromatic heterocycles. The summed E-state index contributed by atoms with van der Waals surface area (Å²) in [6.07, 6.45) is -3.12. The molecule has 2 fully saturated rings. The molecule has 1 amide bonds. The van der Waals surface area contributed by atoms with Crippen molar-refractivity contribution in [2.75, 3.05) is 7.11 Å². The lowest BCUT2D eigenvalue weighted by molar-refractivity contribution is -0.265. The second kappa shape index (κ2) is 9.94. The maximum Gasteiger partial charge on any atom is 0.230 e. The van der Waals surface area contributed by atoms with Crippen LogP contribution < -0.4 is 10.5 Å². The molecular formula is C33H37NO8. The van der Waals surface area contributed by atoms with E-state index < -0.39 is 63.9 Å². The van der Waals surface area contributed by atoms with Gasteiger partial charge in [-0.05, 0) is 72.1 Å². The Bertz CT molecular complexity index is 1540. The van der Waals surface area contributed by atoms with Crippen LogP contribution in [0.4, 0.5) is 0 Å². The number of carbonyl (C=O) groups is 3. The first kappa shape index (κ1) is 29.8. The molecule has 0 aliphatic heterocycles. The number of primary amides is 1. The third kappa shape index (κ3) is 4.00. The largest absolute Gasteiger partial charge is 0.507 e. The van der Waals surface area contributed by atoms with Crippen LogP contribution in [0.25, 0.3) is 0 Å². The second-order valence-electron chi connectivity index (χ2n) is 12.9. The fourth-order valence-corrected chi connectivity index (χ4v) is 8.46. The predicted octanol–water partition coefficient (Wildman–Crippen LogP) is 1.98. The molecular weight excluding hydrogens is 538 g/mol. The van der Waals surface area contributed by atoms with Crippen LogP contribution in [0.15, 0.2) is 36.4 Å². The normalized spacial score (nSPS) is 35.4. The van der Waals surface area contributed by atoms with Crippen molar-refractivity contribution in [1.82, 2.24) is 0 Å². The van der Waals surface area contributed by atoms with Gasteiger partial charge in [-0.15, -0.1) is 0 Å². The average Bonchev–Trinajstić information content (AvgIpc) is 2.90. The summed E-state index contributed by atoms with van der Waals surface area (Å²) in [7, 11) is 1.57. The fourth-order valence-electron chi connectivity index (χ4n) is 8.46. The van der Waals surface area contributed by atoms with Gasteiger partial charge in [-0.25, -0.2) is 0 Å². The van der Waals surface area contributed by atoms with Crippen molar-refractivity contribution in [3.63, 3.8) is 0 Å². The number of benzene rings is 2. The van der Waals surface area contributed by atoms with Gasteiger partial charge < -0.3 is 30.9 Å². The number of phenolic OH excluding ortho intramolecular Hbond substituents is 1. The summed E-state index contributed by atoms with van der Waals surface area (Å²) in [6, 6.07) is 10.2. The zero-order chi connectivity index (χ0) is 30.9. The van der Waals surface area contributed by atoms with E-state index in [1.54, 1.807) is 58.2 Å².